The lowest BCUT2D eigenvalue weighted by molar-refractivity contribution is -0.111. The standard InChI is InChI=1S/C16H13ClFNO/c1-11-3-2-4-12(9-11)5-8-16(20)19-15-7-6-13(17)10-14(15)18/h2-10H,1H3,(H,19,20)/b8-5+. The molecule has 0 heterocycles. The van der Waals surface area contributed by atoms with Gasteiger partial charge in [0.05, 0.1) is 5.69 Å². The van der Waals surface area contributed by atoms with Gasteiger partial charge < -0.3 is 5.32 Å². The minimum Gasteiger partial charge on any atom is -0.320 e. The van der Waals surface area contributed by atoms with Gasteiger partial charge in [-0.3, -0.25) is 4.79 Å². The van der Waals surface area contributed by atoms with Gasteiger partial charge in [-0.25, -0.2) is 4.39 Å². The fraction of sp³-hybridized carbons (Fsp3) is 0.0625. The van der Waals surface area contributed by atoms with Crippen molar-refractivity contribution < 1.29 is 9.18 Å². The molecular formula is C16H13ClFNO. The molecule has 4 heteroatoms. The average Bonchev–Trinajstić information content (AvgIpc) is 2.40. The zero-order chi connectivity index (χ0) is 14.5. The molecule has 2 rings (SSSR count). The van der Waals surface area contributed by atoms with Crippen molar-refractivity contribution in [2.75, 3.05) is 5.32 Å². The van der Waals surface area contributed by atoms with Gasteiger partial charge >= 0.3 is 0 Å². The fourth-order valence-corrected chi connectivity index (χ4v) is 1.87. The Kier molecular flexibility index (Phi) is 4.53. The molecule has 0 radical (unpaired) electrons. The number of anilines is 1. The summed E-state index contributed by atoms with van der Waals surface area (Å²) < 4.78 is 13.5. The van der Waals surface area contributed by atoms with Crippen LogP contribution in [-0.4, -0.2) is 5.91 Å². The third kappa shape index (κ3) is 3.93. The highest BCUT2D eigenvalue weighted by Gasteiger charge is 2.04. The van der Waals surface area contributed by atoms with Gasteiger partial charge in [-0.1, -0.05) is 41.4 Å². The second-order valence-electron chi connectivity index (χ2n) is 4.36. The zero-order valence-electron chi connectivity index (χ0n) is 10.9. The van der Waals surface area contributed by atoms with Crippen LogP contribution in [-0.2, 0) is 4.79 Å². The van der Waals surface area contributed by atoms with E-state index in [4.69, 9.17) is 11.6 Å². The quantitative estimate of drug-likeness (QED) is 0.832. The van der Waals surface area contributed by atoms with E-state index in [1.807, 2.05) is 31.2 Å². The number of halogens is 2. The van der Waals surface area contributed by atoms with Crippen LogP contribution in [0.25, 0.3) is 6.08 Å². The first kappa shape index (κ1) is 14.3. The summed E-state index contributed by atoms with van der Waals surface area (Å²) in [6.45, 7) is 1.97. The molecule has 2 aromatic carbocycles. The van der Waals surface area contributed by atoms with Gasteiger partial charge in [0.2, 0.25) is 5.91 Å². The van der Waals surface area contributed by atoms with E-state index in [1.54, 1.807) is 6.08 Å². The lowest BCUT2D eigenvalue weighted by Gasteiger charge is -2.03. The van der Waals surface area contributed by atoms with Gasteiger partial charge in [-0.15, -0.1) is 0 Å². The van der Waals surface area contributed by atoms with Gasteiger partial charge in [-0.2, -0.15) is 0 Å². The molecule has 0 atom stereocenters. The van der Waals surface area contributed by atoms with Crippen LogP contribution in [0.15, 0.2) is 48.5 Å². The van der Waals surface area contributed by atoms with Gasteiger partial charge in [0.25, 0.3) is 0 Å². The first-order valence-corrected chi connectivity index (χ1v) is 6.43. The van der Waals surface area contributed by atoms with Crippen LogP contribution >= 0.6 is 11.6 Å². The number of benzene rings is 2. The first-order chi connectivity index (χ1) is 9.54. The predicted molar refractivity (Wildman–Crippen MR) is 80.3 cm³/mol. The van der Waals surface area contributed by atoms with Gasteiger partial charge in [0.15, 0.2) is 0 Å². The summed E-state index contributed by atoms with van der Waals surface area (Å²) in [6, 6.07) is 11.8. The Labute approximate surface area is 121 Å². The summed E-state index contributed by atoms with van der Waals surface area (Å²) >= 11 is 5.64. The molecular weight excluding hydrogens is 277 g/mol. The predicted octanol–water partition coefficient (Wildman–Crippen LogP) is 4.44. The van der Waals surface area contributed by atoms with Crippen LogP contribution in [0.2, 0.25) is 5.02 Å². The molecule has 1 amide bonds. The largest absolute Gasteiger partial charge is 0.320 e. The van der Waals surface area contributed by atoms with Crippen LogP contribution in [0.3, 0.4) is 0 Å². The number of carbonyl (C=O) groups is 1. The molecule has 102 valence electrons. The number of aryl methyl sites for hydroxylation is 1. The number of rotatable bonds is 3. The van der Waals surface area contributed by atoms with E-state index in [-0.39, 0.29) is 10.7 Å². The van der Waals surface area contributed by atoms with E-state index in [1.165, 1.54) is 18.2 Å². The fourth-order valence-electron chi connectivity index (χ4n) is 1.71. The highest BCUT2D eigenvalue weighted by atomic mass is 35.5. The van der Waals surface area contributed by atoms with Gasteiger partial charge in [-0.05, 0) is 36.8 Å². The maximum Gasteiger partial charge on any atom is 0.248 e. The number of nitrogens with one attached hydrogen (secondary N) is 1. The van der Waals surface area contributed by atoms with Crippen molar-refractivity contribution in [3.05, 3.63) is 70.5 Å². The Morgan fingerprint density at radius 1 is 1.25 bits per heavy atom. The van der Waals surface area contributed by atoms with Crippen molar-refractivity contribution in [1.82, 2.24) is 0 Å². The molecule has 0 spiro atoms. The Morgan fingerprint density at radius 2 is 2.05 bits per heavy atom. The second kappa shape index (κ2) is 6.35. The summed E-state index contributed by atoms with van der Waals surface area (Å²) in [5, 5.41) is 2.75. The minimum absolute atomic E-state index is 0.105. The van der Waals surface area contributed by atoms with Crippen molar-refractivity contribution in [3.63, 3.8) is 0 Å². The lowest BCUT2D eigenvalue weighted by atomic mass is 10.1. The third-order valence-corrected chi connectivity index (χ3v) is 2.89. The molecule has 0 bridgehead atoms. The van der Waals surface area contributed by atoms with Crippen molar-refractivity contribution in [3.8, 4) is 0 Å². The normalized spacial score (nSPS) is 10.8. The topological polar surface area (TPSA) is 29.1 Å². The molecule has 0 aliphatic heterocycles. The maximum absolute atomic E-state index is 13.5. The van der Waals surface area contributed by atoms with Crippen LogP contribution < -0.4 is 5.32 Å². The van der Waals surface area contributed by atoms with E-state index in [9.17, 15) is 9.18 Å². The minimum atomic E-state index is -0.560. The van der Waals surface area contributed by atoms with Crippen LogP contribution in [0.5, 0.6) is 0 Å². The van der Waals surface area contributed by atoms with Gasteiger partial charge in [0.1, 0.15) is 5.82 Å². The smallest absolute Gasteiger partial charge is 0.248 e. The monoisotopic (exact) mass is 289 g/mol. The van der Waals surface area contributed by atoms with E-state index >= 15 is 0 Å². The molecule has 0 aromatic heterocycles. The Bertz CT molecular complexity index is 667. The number of hydrogen-bond donors (Lipinski definition) is 1. The number of carbonyl (C=O) groups excluding carboxylic acids is 1. The van der Waals surface area contributed by atoms with Crippen LogP contribution in [0, 0.1) is 12.7 Å². The summed E-state index contributed by atoms with van der Waals surface area (Å²) in [5.74, 6) is -0.956. The second-order valence-corrected chi connectivity index (χ2v) is 4.80. The van der Waals surface area contributed by atoms with Crippen LogP contribution in [0.1, 0.15) is 11.1 Å². The number of hydrogen-bond acceptors (Lipinski definition) is 1. The highest BCUT2D eigenvalue weighted by Crippen LogP contribution is 2.18. The summed E-state index contributed by atoms with van der Waals surface area (Å²) in [6.07, 6.45) is 3.04. The van der Waals surface area contributed by atoms with Gasteiger partial charge in [0, 0.05) is 11.1 Å². The summed E-state index contributed by atoms with van der Waals surface area (Å²) in [4.78, 5) is 11.7. The van der Waals surface area contributed by atoms with Crippen molar-refractivity contribution in [1.29, 1.82) is 0 Å². The molecule has 0 fully saturated rings. The summed E-state index contributed by atoms with van der Waals surface area (Å²) in [5.41, 5.74) is 2.13. The van der Waals surface area contributed by atoms with Crippen molar-refractivity contribution in [2.24, 2.45) is 0 Å². The molecule has 0 aliphatic rings. The molecule has 0 unspecified atom stereocenters. The molecule has 2 aromatic rings. The summed E-state index contributed by atoms with van der Waals surface area (Å²) in [7, 11) is 0. The molecule has 1 N–H and O–H groups in total. The number of amides is 1. The van der Waals surface area contributed by atoms with Crippen molar-refractivity contribution >= 4 is 29.3 Å². The van der Waals surface area contributed by atoms with Crippen LogP contribution in [0.4, 0.5) is 10.1 Å². The lowest BCUT2D eigenvalue weighted by Crippen LogP contribution is -2.09. The molecule has 20 heavy (non-hydrogen) atoms. The third-order valence-electron chi connectivity index (χ3n) is 2.66. The average molecular weight is 290 g/mol. The first-order valence-electron chi connectivity index (χ1n) is 6.05. The van der Waals surface area contributed by atoms with Crippen molar-refractivity contribution in [2.45, 2.75) is 6.92 Å². The molecule has 0 saturated carbocycles. The highest BCUT2D eigenvalue weighted by molar-refractivity contribution is 6.30. The Morgan fingerprint density at radius 3 is 2.75 bits per heavy atom. The SMILES string of the molecule is Cc1cccc(/C=C/C(=O)Nc2ccc(Cl)cc2F)c1. The molecule has 2 nitrogen and oxygen atoms in total. The van der Waals surface area contributed by atoms with E-state index in [0.29, 0.717) is 0 Å². The Balaban J connectivity index is 2.05. The van der Waals surface area contributed by atoms with E-state index in [0.717, 1.165) is 17.2 Å². The zero-order valence-corrected chi connectivity index (χ0v) is 11.6. The van der Waals surface area contributed by atoms with E-state index in [2.05, 4.69) is 5.32 Å². The maximum atomic E-state index is 13.5. The van der Waals surface area contributed by atoms with E-state index < -0.39 is 11.7 Å². The molecule has 0 saturated heterocycles. The molecule has 0 aliphatic carbocycles. The Hall–Kier alpha value is -2.13.